The molecule has 0 amide bonds. The molecule has 1 fully saturated rings. The fraction of sp³-hybridized carbons (Fsp3) is 0.115. The molecule has 4 rings (SSSR count). The van der Waals surface area contributed by atoms with Crippen molar-refractivity contribution in [3.63, 3.8) is 0 Å². The Balaban J connectivity index is 0.000000374. The molecule has 5 radical (unpaired) electrons. The summed E-state index contributed by atoms with van der Waals surface area (Å²) < 4.78 is 0. The maximum absolute atomic E-state index is 8.54. The molecule has 1 aliphatic rings. The van der Waals surface area contributed by atoms with Crippen molar-refractivity contribution in [3.8, 4) is 0 Å². The zero-order chi connectivity index (χ0) is 21.0. The van der Waals surface area contributed by atoms with E-state index in [-0.39, 0.29) is 41.5 Å². The SMILES string of the molecule is OCc1ccccc1.OCc1ccccc1.OCc1ccccc1.[CH]1[CH][CH][CH][CH]1.[Ti]. The third-order valence-corrected chi connectivity index (χ3v) is 3.63. The van der Waals surface area contributed by atoms with E-state index in [1.54, 1.807) is 0 Å². The predicted molar refractivity (Wildman–Crippen MR) is 119 cm³/mol. The van der Waals surface area contributed by atoms with Crippen LogP contribution in [0.1, 0.15) is 16.7 Å². The maximum atomic E-state index is 8.54. The fourth-order valence-corrected chi connectivity index (χ4v) is 2.07. The summed E-state index contributed by atoms with van der Waals surface area (Å²) in [6.45, 7) is 0.419. The van der Waals surface area contributed by atoms with Crippen molar-refractivity contribution in [1.82, 2.24) is 0 Å². The third kappa shape index (κ3) is 15.1. The summed E-state index contributed by atoms with van der Waals surface area (Å²) in [4.78, 5) is 0. The summed E-state index contributed by atoms with van der Waals surface area (Å²) >= 11 is 0. The van der Waals surface area contributed by atoms with Gasteiger partial charge in [-0.25, -0.2) is 0 Å². The molecule has 0 atom stereocenters. The van der Waals surface area contributed by atoms with Crippen LogP contribution in [0.4, 0.5) is 0 Å². The molecule has 3 aromatic rings. The molecule has 4 heteroatoms. The van der Waals surface area contributed by atoms with Crippen LogP contribution in [0.5, 0.6) is 0 Å². The van der Waals surface area contributed by atoms with Gasteiger partial charge < -0.3 is 15.3 Å². The van der Waals surface area contributed by atoms with Crippen LogP contribution in [0.2, 0.25) is 0 Å². The maximum Gasteiger partial charge on any atom is 0.0681 e. The first-order chi connectivity index (χ1) is 14.3. The van der Waals surface area contributed by atoms with Crippen LogP contribution in [-0.2, 0) is 41.5 Å². The second-order valence-electron chi connectivity index (χ2n) is 5.89. The van der Waals surface area contributed by atoms with Crippen molar-refractivity contribution in [2.45, 2.75) is 19.8 Å². The first-order valence-corrected chi connectivity index (χ1v) is 9.41. The normalized spacial score (nSPS) is 11.3. The number of hydrogen-bond donors (Lipinski definition) is 3. The molecule has 1 aliphatic carbocycles. The average molecular weight is 437 g/mol. The Bertz CT molecular complexity index is 601. The molecule has 30 heavy (non-hydrogen) atoms. The molecular weight excluding hydrogens is 408 g/mol. The quantitative estimate of drug-likeness (QED) is 0.527. The van der Waals surface area contributed by atoms with Gasteiger partial charge in [-0.15, -0.1) is 0 Å². The van der Waals surface area contributed by atoms with Gasteiger partial charge in [0, 0.05) is 21.7 Å². The second kappa shape index (κ2) is 20.5. The van der Waals surface area contributed by atoms with Crippen LogP contribution in [-0.4, -0.2) is 15.3 Å². The Kier molecular flexibility index (Phi) is 19.3. The van der Waals surface area contributed by atoms with Crippen molar-refractivity contribution in [3.05, 3.63) is 140 Å². The Morgan fingerprint density at radius 2 is 0.567 bits per heavy atom. The van der Waals surface area contributed by atoms with Crippen LogP contribution < -0.4 is 0 Å². The minimum atomic E-state index is 0. The summed E-state index contributed by atoms with van der Waals surface area (Å²) in [5.41, 5.74) is 2.90. The van der Waals surface area contributed by atoms with Crippen LogP contribution in [0.25, 0.3) is 0 Å². The first kappa shape index (κ1) is 28.3. The molecule has 0 heterocycles. The van der Waals surface area contributed by atoms with Crippen molar-refractivity contribution >= 4 is 0 Å². The predicted octanol–water partition coefficient (Wildman–Crippen LogP) is 4.56. The molecule has 0 aliphatic heterocycles. The molecule has 3 aromatic carbocycles. The van der Waals surface area contributed by atoms with Crippen LogP contribution in [0, 0.1) is 32.1 Å². The molecule has 3 N–H and O–H groups in total. The minimum absolute atomic E-state index is 0. The smallest absolute Gasteiger partial charge is 0.0681 e. The zero-order valence-electron chi connectivity index (χ0n) is 17.0. The molecule has 155 valence electrons. The van der Waals surface area contributed by atoms with Gasteiger partial charge in [-0.3, -0.25) is 0 Å². The van der Waals surface area contributed by atoms with Gasteiger partial charge in [0.2, 0.25) is 0 Å². The van der Waals surface area contributed by atoms with Gasteiger partial charge in [0.05, 0.1) is 19.8 Å². The van der Waals surface area contributed by atoms with Crippen LogP contribution in [0.3, 0.4) is 0 Å². The summed E-state index contributed by atoms with van der Waals surface area (Å²) in [5.74, 6) is 0. The van der Waals surface area contributed by atoms with E-state index in [1.807, 2.05) is 123 Å². The molecule has 0 saturated heterocycles. The number of aliphatic hydroxyl groups is 3. The average Bonchev–Trinajstić information content (AvgIpc) is 3.42. The minimum Gasteiger partial charge on any atom is -0.392 e. The van der Waals surface area contributed by atoms with Gasteiger partial charge in [-0.2, -0.15) is 0 Å². The number of hydrogen-bond acceptors (Lipinski definition) is 3. The summed E-state index contributed by atoms with van der Waals surface area (Å²) in [5, 5.41) is 25.6. The number of aliphatic hydroxyl groups excluding tert-OH is 3. The summed E-state index contributed by atoms with van der Waals surface area (Å²) in [6.07, 6.45) is 10.0. The van der Waals surface area contributed by atoms with Crippen molar-refractivity contribution < 1.29 is 37.0 Å². The Morgan fingerprint density at radius 3 is 0.700 bits per heavy atom. The molecule has 1 saturated carbocycles. The van der Waals surface area contributed by atoms with E-state index < -0.39 is 0 Å². The molecule has 0 aromatic heterocycles. The second-order valence-corrected chi connectivity index (χ2v) is 5.89. The summed E-state index contributed by atoms with van der Waals surface area (Å²) in [7, 11) is 0. The Morgan fingerprint density at radius 1 is 0.367 bits per heavy atom. The Hall–Kier alpha value is -1.75. The summed E-state index contributed by atoms with van der Waals surface area (Å²) in [6, 6.07) is 28.6. The van der Waals surface area contributed by atoms with E-state index in [9.17, 15) is 0 Å². The fourth-order valence-electron chi connectivity index (χ4n) is 2.07. The van der Waals surface area contributed by atoms with E-state index in [1.165, 1.54) is 0 Å². The van der Waals surface area contributed by atoms with Crippen LogP contribution in [0.15, 0.2) is 91.0 Å². The van der Waals surface area contributed by atoms with E-state index in [0.717, 1.165) is 16.7 Å². The van der Waals surface area contributed by atoms with Gasteiger partial charge in [-0.1, -0.05) is 91.0 Å². The van der Waals surface area contributed by atoms with Gasteiger partial charge >= 0.3 is 0 Å². The monoisotopic (exact) mass is 437 g/mol. The molecule has 0 spiro atoms. The van der Waals surface area contributed by atoms with Crippen molar-refractivity contribution in [1.29, 1.82) is 0 Å². The molecular formula is C26H29O3Ti. The van der Waals surface area contributed by atoms with Crippen molar-refractivity contribution in [2.24, 2.45) is 0 Å². The van der Waals surface area contributed by atoms with Gasteiger partial charge in [-0.05, 0) is 48.8 Å². The number of benzene rings is 3. The Labute approximate surface area is 196 Å². The van der Waals surface area contributed by atoms with Crippen LogP contribution >= 0.6 is 0 Å². The largest absolute Gasteiger partial charge is 0.392 e. The third-order valence-electron chi connectivity index (χ3n) is 3.63. The van der Waals surface area contributed by atoms with Gasteiger partial charge in [0.15, 0.2) is 0 Å². The standard InChI is InChI=1S/3C7H8O.C5H5.Ti/c3*8-6-7-4-2-1-3-5-7;1-2-4-5-3-1;/h3*1-5,8H,6H2;1-5H;. The zero-order valence-corrected chi connectivity index (χ0v) is 18.6. The van der Waals surface area contributed by atoms with Crippen molar-refractivity contribution in [2.75, 3.05) is 0 Å². The molecule has 0 bridgehead atoms. The first-order valence-electron chi connectivity index (χ1n) is 9.41. The molecule has 0 unspecified atom stereocenters. The van der Waals surface area contributed by atoms with E-state index in [0.29, 0.717) is 0 Å². The van der Waals surface area contributed by atoms with E-state index >= 15 is 0 Å². The van der Waals surface area contributed by atoms with Gasteiger partial charge in [0.1, 0.15) is 0 Å². The van der Waals surface area contributed by atoms with E-state index in [4.69, 9.17) is 15.3 Å². The topological polar surface area (TPSA) is 60.7 Å². The molecule has 3 nitrogen and oxygen atoms in total. The van der Waals surface area contributed by atoms with E-state index in [2.05, 4.69) is 0 Å². The van der Waals surface area contributed by atoms with Gasteiger partial charge in [0.25, 0.3) is 0 Å². The number of rotatable bonds is 3.